The summed E-state index contributed by atoms with van der Waals surface area (Å²) in [5.74, 6) is 1.34. The molecule has 10 heteroatoms. The van der Waals surface area contributed by atoms with Crippen molar-refractivity contribution in [2.75, 3.05) is 31.3 Å². The van der Waals surface area contributed by atoms with Crippen molar-refractivity contribution in [3.8, 4) is 5.82 Å². The quantitative estimate of drug-likeness (QED) is 0.386. The van der Waals surface area contributed by atoms with E-state index in [0.29, 0.717) is 35.5 Å². The summed E-state index contributed by atoms with van der Waals surface area (Å²) in [7, 11) is 1.64. The number of nitrogens with one attached hydrogen (secondary N) is 1. The maximum absolute atomic E-state index is 11.3. The van der Waals surface area contributed by atoms with Crippen LogP contribution in [0.25, 0.3) is 16.9 Å². The van der Waals surface area contributed by atoms with Gasteiger partial charge in [-0.2, -0.15) is 4.98 Å². The predicted molar refractivity (Wildman–Crippen MR) is 117 cm³/mol. The van der Waals surface area contributed by atoms with Crippen LogP contribution in [0.2, 0.25) is 0 Å². The zero-order valence-corrected chi connectivity index (χ0v) is 17.8. The van der Waals surface area contributed by atoms with Crippen molar-refractivity contribution in [3.05, 3.63) is 52.1 Å². The fraction of sp³-hybridized carbons (Fsp3) is 0.300. The Kier molecular flexibility index (Phi) is 5.37. The number of thiazole rings is 1. The van der Waals surface area contributed by atoms with Gasteiger partial charge in [0.05, 0.1) is 17.6 Å². The Morgan fingerprint density at radius 3 is 2.80 bits per heavy atom. The number of hydrogen-bond acceptors (Lipinski definition) is 9. The van der Waals surface area contributed by atoms with Gasteiger partial charge in [0.1, 0.15) is 16.4 Å². The Balaban J connectivity index is 1.87. The van der Waals surface area contributed by atoms with Gasteiger partial charge in [-0.05, 0) is 31.5 Å². The number of aromatic nitrogens is 5. The average molecular weight is 426 g/mol. The molecule has 0 saturated carbocycles. The minimum Gasteiger partial charge on any atom is -0.383 e. The average Bonchev–Trinajstić information content (AvgIpc) is 3.31. The number of rotatable bonds is 7. The van der Waals surface area contributed by atoms with Crippen molar-refractivity contribution < 1.29 is 9.84 Å². The Hall–Kier alpha value is -3.08. The van der Waals surface area contributed by atoms with E-state index in [-0.39, 0.29) is 5.95 Å². The monoisotopic (exact) mass is 425 g/mol. The summed E-state index contributed by atoms with van der Waals surface area (Å²) in [5, 5.41) is 17.1. The minimum atomic E-state index is -1.24. The van der Waals surface area contributed by atoms with E-state index in [0.717, 1.165) is 16.7 Å². The normalized spacial score (nSPS) is 13.5. The zero-order valence-electron chi connectivity index (χ0n) is 17.0. The number of fused-ring (bicyclic) bond motifs is 1. The SMILES string of the molecule is COCCNc1nc2ccc(C(C)(O)c3nc(C)cs3)cc2n1-c1ccnc(N)n1. The van der Waals surface area contributed by atoms with Crippen molar-refractivity contribution >= 4 is 34.3 Å². The van der Waals surface area contributed by atoms with Crippen LogP contribution in [-0.4, -0.2) is 49.9 Å². The molecular formula is C20H23N7O2S. The standard InChI is InChI=1S/C20H23N7O2S/c1-12-11-30-17(24-12)20(2,28)13-4-5-14-15(10-13)27(16-6-7-22-18(21)26-16)19(25-14)23-8-9-29-3/h4-7,10-11,28H,8-9H2,1-3H3,(H,23,25)(H2,21,22,26). The first-order valence-electron chi connectivity index (χ1n) is 9.40. The van der Waals surface area contributed by atoms with Gasteiger partial charge in [0, 0.05) is 37.0 Å². The number of anilines is 2. The predicted octanol–water partition coefficient (Wildman–Crippen LogP) is 2.48. The maximum atomic E-state index is 11.3. The van der Waals surface area contributed by atoms with Crippen molar-refractivity contribution in [2.24, 2.45) is 0 Å². The molecular weight excluding hydrogens is 402 g/mol. The van der Waals surface area contributed by atoms with E-state index in [9.17, 15) is 5.11 Å². The number of ether oxygens (including phenoxy) is 1. The number of nitrogens with zero attached hydrogens (tertiary/aromatic N) is 5. The number of aliphatic hydroxyl groups is 1. The van der Waals surface area contributed by atoms with Gasteiger partial charge in [0.2, 0.25) is 11.9 Å². The van der Waals surface area contributed by atoms with Crippen LogP contribution in [0.4, 0.5) is 11.9 Å². The van der Waals surface area contributed by atoms with Gasteiger partial charge < -0.3 is 20.9 Å². The van der Waals surface area contributed by atoms with Crippen molar-refractivity contribution in [3.63, 3.8) is 0 Å². The number of aryl methyl sites for hydroxylation is 1. The van der Waals surface area contributed by atoms with Crippen LogP contribution in [0.3, 0.4) is 0 Å². The van der Waals surface area contributed by atoms with Gasteiger partial charge in [-0.15, -0.1) is 11.3 Å². The van der Waals surface area contributed by atoms with E-state index in [1.165, 1.54) is 11.3 Å². The number of hydrogen-bond donors (Lipinski definition) is 3. The van der Waals surface area contributed by atoms with E-state index < -0.39 is 5.60 Å². The third-order valence-electron chi connectivity index (χ3n) is 4.73. The molecule has 3 aromatic heterocycles. The lowest BCUT2D eigenvalue weighted by atomic mass is 9.96. The number of benzene rings is 1. The summed E-state index contributed by atoms with van der Waals surface area (Å²) < 4.78 is 6.99. The highest BCUT2D eigenvalue weighted by molar-refractivity contribution is 7.09. The lowest BCUT2D eigenvalue weighted by molar-refractivity contribution is 0.102. The van der Waals surface area contributed by atoms with Crippen molar-refractivity contribution in [2.45, 2.75) is 19.4 Å². The van der Waals surface area contributed by atoms with E-state index in [1.54, 1.807) is 26.3 Å². The van der Waals surface area contributed by atoms with Crippen LogP contribution in [0, 0.1) is 6.92 Å². The third-order valence-corrected chi connectivity index (χ3v) is 5.90. The molecule has 0 spiro atoms. The van der Waals surface area contributed by atoms with Crippen molar-refractivity contribution in [1.29, 1.82) is 0 Å². The Morgan fingerprint density at radius 1 is 1.27 bits per heavy atom. The molecule has 30 heavy (non-hydrogen) atoms. The Bertz CT molecular complexity index is 1190. The fourth-order valence-corrected chi connectivity index (χ4v) is 4.06. The lowest BCUT2D eigenvalue weighted by Crippen LogP contribution is -2.22. The van der Waals surface area contributed by atoms with Gasteiger partial charge in [-0.1, -0.05) is 6.07 Å². The summed E-state index contributed by atoms with van der Waals surface area (Å²) in [6, 6.07) is 7.40. The minimum absolute atomic E-state index is 0.165. The molecule has 4 rings (SSSR count). The second kappa shape index (κ2) is 7.98. The Labute approximate surface area is 177 Å². The summed E-state index contributed by atoms with van der Waals surface area (Å²) in [4.78, 5) is 17.5. The molecule has 0 aliphatic rings. The first-order chi connectivity index (χ1) is 14.4. The van der Waals surface area contributed by atoms with Gasteiger partial charge in [-0.3, -0.25) is 4.57 Å². The molecule has 0 aliphatic carbocycles. The molecule has 0 saturated heterocycles. The van der Waals surface area contributed by atoms with Gasteiger partial charge in [0.25, 0.3) is 0 Å². The van der Waals surface area contributed by atoms with Crippen LogP contribution in [0.1, 0.15) is 23.2 Å². The van der Waals surface area contributed by atoms with Gasteiger partial charge in [-0.25, -0.2) is 15.0 Å². The molecule has 0 radical (unpaired) electrons. The molecule has 1 aromatic carbocycles. The second-order valence-electron chi connectivity index (χ2n) is 7.03. The highest BCUT2D eigenvalue weighted by atomic mass is 32.1. The van der Waals surface area contributed by atoms with Gasteiger partial charge in [0.15, 0.2) is 0 Å². The third kappa shape index (κ3) is 3.72. The number of imidazole rings is 1. The largest absolute Gasteiger partial charge is 0.383 e. The zero-order chi connectivity index (χ0) is 21.3. The molecule has 9 nitrogen and oxygen atoms in total. The fourth-order valence-electron chi connectivity index (χ4n) is 3.18. The molecule has 4 aromatic rings. The van der Waals surface area contributed by atoms with E-state index in [4.69, 9.17) is 15.5 Å². The van der Waals surface area contributed by atoms with E-state index in [2.05, 4.69) is 20.3 Å². The van der Waals surface area contributed by atoms with Crippen LogP contribution in [-0.2, 0) is 10.3 Å². The molecule has 156 valence electrons. The summed E-state index contributed by atoms with van der Waals surface area (Å²) in [6.07, 6.45) is 1.60. The molecule has 0 bridgehead atoms. The van der Waals surface area contributed by atoms with E-state index in [1.807, 2.05) is 35.1 Å². The number of nitrogens with two attached hydrogens (primary N) is 1. The molecule has 0 amide bonds. The van der Waals surface area contributed by atoms with E-state index >= 15 is 0 Å². The summed E-state index contributed by atoms with van der Waals surface area (Å²) >= 11 is 1.43. The molecule has 0 fully saturated rings. The van der Waals surface area contributed by atoms with Gasteiger partial charge >= 0.3 is 0 Å². The topological polar surface area (TPSA) is 124 Å². The molecule has 0 aliphatic heterocycles. The maximum Gasteiger partial charge on any atom is 0.221 e. The van der Waals surface area contributed by atoms with Crippen LogP contribution in [0.15, 0.2) is 35.8 Å². The van der Waals surface area contributed by atoms with Crippen LogP contribution < -0.4 is 11.1 Å². The van der Waals surface area contributed by atoms with Crippen LogP contribution >= 0.6 is 11.3 Å². The highest BCUT2D eigenvalue weighted by Gasteiger charge is 2.30. The molecule has 3 heterocycles. The highest BCUT2D eigenvalue weighted by Crippen LogP contribution is 2.34. The summed E-state index contributed by atoms with van der Waals surface area (Å²) in [6.45, 7) is 4.75. The number of methoxy groups -OCH3 is 1. The van der Waals surface area contributed by atoms with Crippen molar-refractivity contribution in [1.82, 2.24) is 24.5 Å². The number of nitrogen functional groups attached to an aromatic ring is 1. The Morgan fingerprint density at radius 2 is 2.10 bits per heavy atom. The lowest BCUT2D eigenvalue weighted by Gasteiger charge is -2.21. The molecule has 1 atom stereocenters. The summed E-state index contributed by atoms with van der Waals surface area (Å²) in [5.41, 5.74) is 7.69. The first-order valence-corrected chi connectivity index (χ1v) is 10.3. The smallest absolute Gasteiger partial charge is 0.221 e. The first kappa shape index (κ1) is 20.2. The second-order valence-corrected chi connectivity index (χ2v) is 7.89. The molecule has 4 N–H and O–H groups in total. The van der Waals surface area contributed by atoms with Crippen LogP contribution in [0.5, 0.6) is 0 Å². The molecule has 1 unspecified atom stereocenters.